The topological polar surface area (TPSA) is 89.0 Å². The van der Waals surface area contributed by atoms with E-state index in [4.69, 9.17) is 9.47 Å². The van der Waals surface area contributed by atoms with Gasteiger partial charge < -0.3 is 14.8 Å². The predicted octanol–water partition coefficient (Wildman–Crippen LogP) is 2.19. The molecule has 2 N–H and O–H groups in total. The normalized spacial score (nSPS) is 10.4. The average Bonchev–Trinajstić information content (AvgIpc) is 2.66. The van der Waals surface area contributed by atoms with Crippen LogP contribution >= 0.6 is 22.6 Å². The number of hydrogen-bond donors (Lipinski definition) is 2. The fourth-order valence-electron chi connectivity index (χ4n) is 2.05. The van der Waals surface area contributed by atoms with E-state index in [0.29, 0.717) is 17.1 Å². The van der Waals surface area contributed by atoms with E-state index in [1.807, 2.05) is 12.1 Å². The summed E-state index contributed by atoms with van der Waals surface area (Å²) >= 11 is 2.07. The number of amides is 2. The molecule has 0 saturated heterocycles. The second kappa shape index (κ2) is 9.76. The highest BCUT2D eigenvalue weighted by molar-refractivity contribution is 14.1. The fourth-order valence-corrected chi connectivity index (χ4v) is 2.68. The van der Waals surface area contributed by atoms with Crippen molar-refractivity contribution in [2.45, 2.75) is 0 Å². The highest BCUT2D eigenvalue weighted by atomic mass is 127. The summed E-state index contributed by atoms with van der Waals surface area (Å²) in [7, 11) is 3.09. The van der Waals surface area contributed by atoms with Crippen molar-refractivity contribution >= 4 is 40.6 Å². The quantitative estimate of drug-likeness (QED) is 0.371. The van der Waals surface area contributed by atoms with Gasteiger partial charge in [-0.1, -0.05) is 12.1 Å². The Morgan fingerprint density at radius 2 is 1.85 bits per heavy atom. The summed E-state index contributed by atoms with van der Waals surface area (Å²) in [5.74, 6) is 0.425. The first-order valence-electron chi connectivity index (χ1n) is 7.61. The summed E-state index contributed by atoms with van der Waals surface area (Å²) < 4.78 is 11.2. The molecule has 2 amide bonds. The largest absolute Gasteiger partial charge is 0.493 e. The minimum atomic E-state index is -0.430. The third-order valence-corrected chi connectivity index (χ3v) is 4.28. The molecule has 136 valence electrons. The van der Waals surface area contributed by atoms with Gasteiger partial charge in [-0.25, -0.2) is 5.43 Å². The van der Waals surface area contributed by atoms with E-state index in [0.717, 1.165) is 9.13 Å². The molecule has 0 spiro atoms. The van der Waals surface area contributed by atoms with Crippen LogP contribution in [0.25, 0.3) is 0 Å². The molecule has 0 fully saturated rings. The lowest BCUT2D eigenvalue weighted by Crippen LogP contribution is -2.35. The van der Waals surface area contributed by atoms with Crippen molar-refractivity contribution in [3.05, 3.63) is 57.2 Å². The zero-order chi connectivity index (χ0) is 18.9. The maximum absolute atomic E-state index is 12.0. The van der Waals surface area contributed by atoms with E-state index < -0.39 is 5.91 Å². The standard InChI is InChI=1S/C18H18IN3O4/c1-25-15-8-7-12(9-16(15)26-2)10-21-22-17(23)11-20-18(24)13-5-3-4-6-14(13)19/h3-10H,11H2,1-2H3,(H,20,24)(H,22,23). The van der Waals surface area contributed by atoms with E-state index in [1.165, 1.54) is 13.3 Å². The van der Waals surface area contributed by atoms with Crippen molar-refractivity contribution in [2.24, 2.45) is 5.10 Å². The van der Waals surface area contributed by atoms with Gasteiger partial charge in [-0.15, -0.1) is 0 Å². The van der Waals surface area contributed by atoms with Gasteiger partial charge in [0.25, 0.3) is 11.8 Å². The maximum atomic E-state index is 12.0. The first kappa shape index (κ1) is 19.7. The summed E-state index contributed by atoms with van der Waals surface area (Å²) in [6.07, 6.45) is 1.47. The fraction of sp³-hybridized carbons (Fsp3) is 0.167. The second-order valence-electron chi connectivity index (χ2n) is 5.07. The summed E-state index contributed by atoms with van der Waals surface area (Å²) in [6, 6.07) is 12.4. The molecule has 0 bridgehead atoms. The van der Waals surface area contributed by atoms with Crippen LogP contribution in [0.15, 0.2) is 47.6 Å². The number of halogens is 1. The molecule has 0 aliphatic carbocycles. The first-order chi connectivity index (χ1) is 12.5. The molecule has 0 aliphatic heterocycles. The molecule has 0 atom stereocenters. The molecule has 0 unspecified atom stereocenters. The monoisotopic (exact) mass is 467 g/mol. The van der Waals surface area contributed by atoms with Crippen LogP contribution < -0.4 is 20.2 Å². The number of ether oxygens (including phenoxy) is 2. The minimum Gasteiger partial charge on any atom is -0.493 e. The lowest BCUT2D eigenvalue weighted by atomic mass is 10.2. The molecule has 0 saturated carbocycles. The number of nitrogens with one attached hydrogen (secondary N) is 2. The van der Waals surface area contributed by atoms with Crippen LogP contribution in [0.5, 0.6) is 11.5 Å². The molecule has 2 aromatic rings. The molecule has 0 radical (unpaired) electrons. The van der Waals surface area contributed by atoms with Gasteiger partial charge in [0.1, 0.15) is 0 Å². The van der Waals surface area contributed by atoms with Gasteiger partial charge in [-0.3, -0.25) is 9.59 Å². The van der Waals surface area contributed by atoms with Gasteiger partial charge in [0.2, 0.25) is 0 Å². The van der Waals surface area contributed by atoms with Gasteiger partial charge >= 0.3 is 0 Å². The van der Waals surface area contributed by atoms with E-state index >= 15 is 0 Å². The van der Waals surface area contributed by atoms with E-state index in [-0.39, 0.29) is 12.5 Å². The summed E-state index contributed by atoms with van der Waals surface area (Å²) in [6.45, 7) is -0.174. The molecule has 7 nitrogen and oxygen atoms in total. The molecule has 2 aromatic carbocycles. The van der Waals surface area contributed by atoms with Crippen molar-refractivity contribution in [2.75, 3.05) is 20.8 Å². The van der Waals surface area contributed by atoms with Crippen molar-refractivity contribution in [1.29, 1.82) is 0 Å². The predicted molar refractivity (Wildman–Crippen MR) is 107 cm³/mol. The Kier molecular flexibility index (Phi) is 7.39. The zero-order valence-corrected chi connectivity index (χ0v) is 16.4. The van der Waals surface area contributed by atoms with Crippen LogP contribution in [0.1, 0.15) is 15.9 Å². The summed E-state index contributed by atoms with van der Waals surface area (Å²) in [5, 5.41) is 6.42. The molecule has 8 heteroatoms. The smallest absolute Gasteiger partial charge is 0.259 e. The van der Waals surface area contributed by atoms with Crippen molar-refractivity contribution in [3.8, 4) is 11.5 Å². The van der Waals surface area contributed by atoms with E-state index in [9.17, 15) is 9.59 Å². The van der Waals surface area contributed by atoms with Crippen molar-refractivity contribution in [1.82, 2.24) is 10.7 Å². The van der Waals surface area contributed by atoms with Crippen LogP contribution in [0.2, 0.25) is 0 Å². The first-order valence-corrected chi connectivity index (χ1v) is 8.69. The van der Waals surface area contributed by atoms with Gasteiger partial charge in [0.15, 0.2) is 11.5 Å². The van der Waals surface area contributed by atoms with Crippen LogP contribution in [-0.2, 0) is 4.79 Å². The number of methoxy groups -OCH3 is 2. The van der Waals surface area contributed by atoms with Crippen LogP contribution in [0.4, 0.5) is 0 Å². The SMILES string of the molecule is COc1ccc(C=NNC(=O)CNC(=O)c2ccccc2I)cc1OC. The average molecular weight is 467 g/mol. The zero-order valence-electron chi connectivity index (χ0n) is 14.3. The summed E-state index contributed by atoms with van der Waals surface area (Å²) in [5.41, 5.74) is 3.61. The molecular formula is C18H18IN3O4. The van der Waals surface area contributed by atoms with Crippen LogP contribution in [0, 0.1) is 3.57 Å². The molecular weight excluding hydrogens is 449 g/mol. The Bertz CT molecular complexity index is 824. The van der Waals surface area contributed by atoms with Gasteiger partial charge in [-0.2, -0.15) is 5.10 Å². The maximum Gasteiger partial charge on any atom is 0.259 e. The third-order valence-electron chi connectivity index (χ3n) is 3.34. The Balaban J connectivity index is 1.86. The van der Waals surface area contributed by atoms with Gasteiger partial charge in [0, 0.05) is 3.57 Å². The molecule has 2 rings (SSSR count). The molecule has 26 heavy (non-hydrogen) atoms. The Morgan fingerprint density at radius 1 is 1.12 bits per heavy atom. The highest BCUT2D eigenvalue weighted by Gasteiger charge is 2.10. The second-order valence-corrected chi connectivity index (χ2v) is 6.23. The molecule has 0 heterocycles. The highest BCUT2D eigenvalue weighted by Crippen LogP contribution is 2.26. The number of carbonyl (C=O) groups is 2. The lowest BCUT2D eigenvalue weighted by molar-refractivity contribution is -0.120. The molecule has 0 aliphatic rings. The number of carbonyl (C=O) groups excluding carboxylic acids is 2. The van der Waals surface area contributed by atoms with Crippen molar-refractivity contribution in [3.63, 3.8) is 0 Å². The number of hydrazone groups is 1. The van der Waals surface area contributed by atoms with Crippen LogP contribution in [-0.4, -0.2) is 38.8 Å². The Labute approximate surface area is 164 Å². The Hall–Kier alpha value is -2.62. The van der Waals surface area contributed by atoms with Gasteiger partial charge in [-0.05, 0) is 58.5 Å². The van der Waals surface area contributed by atoms with Gasteiger partial charge in [0.05, 0.1) is 32.5 Å². The number of nitrogens with zero attached hydrogens (tertiary/aromatic N) is 1. The van der Waals surface area contributed by atoms with E-state index in [2.05, 4.69) is 38.4 Å². The summed E-state index contributed by atoms with van der Waals surface area (Å²) in [4.78, 5) is 23.8. The number of hydrogen-bond acceptors (Lipinski definition) is 5. The minimum absolute atomic E-state index is 0.174. The number of rotatable bonds is 7. The van der Waals surface area contributed by atoms with Crippen molar-refractivity contribution < 1.29 is 19.1 Å². The number of benzene rings is 2. The van der Waals surface area contributed by atoms with E-state index in [1.54, 1.807) is 37.4 Å². The Morgan fingerprint density at radius 3 is 2.54 bits per heavy atom. The molecule has 0 aromatic heterocycles. The lowest BCUT2D eigenvalue weighted by Gasteiger charge is -2.07. The third kappa shape index (κ3) is 5.45. The van der Waals surface area contributed by atoms with Crippen LogP contribution in [0.3, 0.4) is 0 Å².